The molecule has 0 rings (SSSR count). The number of hydrogen-bond acceptors (Lipinski definition) is 2. The summed E-state index contributed by atoms with van der Waals surface area (Å²) in [7, 11) is 0. The quantitative estimate of drug-likeness (QED) is 0.581. The standard InChI is InChI=1S/C10H15NO/c1-4-8-11(5-2)9-6-7-10(3)12/h4-8H,2,9H2,1,3H3/b7-6+,8-4-. The first-order valence-corrected chi connectivity index (χ1v) is 3.89. The molecule has 0 aliphatic rings. The number of ketones is 1. The minimum atomic E-state index is 0.0690. The summed E-state index contributed by atoms with van der Waals surface area (Å²) in [4.78, 5) is 12.4. The molecule has 0 saturated heterocycles. The number of carbonyl (C=O) groups excluding carboxylic acids is 1. The molecule has 0 aromatic heterocycles. The molecule has 0 fully saturated rings. The maximum atomic E-state index is 10.5. The molecule has 12 heavy (non-hydrogen) atoms. The van der Waals surface area contributed by atoms with Gasteiger partial charge in [0.15, 0.2) is 5.78 Å². The van der Waals surface area contributed by atoms with E-state index in [1.165, 1.54) is 6.92 Å². The van der Waals surface area contributed by atoms with Crippen LogP contribution in [-0.4, -0.2) is 17.2 Å². The van der Waals surface area contributed by atoms with Crippen LogP contribution in [0.25, 0.3) is 0 Å². The highest BCUT2D eigenvalue weighted by molar-refractivity contribution is 5.87. The van der Waals surface area contributed by atoms with Crippen LogP contribution in [-0.2, 0) is 4.79 Å². The van der Waals surface area contributed by atoms with Crippen molar-refractivity contribution in [1.29, 1.82) is 0 Å². The second-order valence-electron chi connectivity index (χ2n) is 2.37. The van der Waals surface area contributed by atoms with Gasteiger partial charge in [0.2, 0.25) is 0 Å². The normalized spacial score (nSPS) is 10.8. The van der Waals surface area contributed by atoms with Crippen molar-refractivity contribution in [3.63, 3.8) is 0 Å². The largest absolute Gasteiger partial charge is 0.351 e. The summed E-state index contributed by atoms with van der Waals surface area (Å²) in [5.74, 6) is 0.0690. The van der Waals surface area contributed by atoms with Gasteiger partial charge in [0.1, 0.15) is 0 Å². The second kappa shape index (κ2) is 6.40. The van der Waals surface area contributed by atoms with E-state index in [-0.39, 0.29) is 5.78 Å². The van der Waals surface area contributed by atoms with E-state index in [1.807, 2.05) is 30.2 Å². The zero-order chi connectivity index (χ0) is 9.40. The van der Waals surface area contributed by atoms with Crippen molar-refractivity contribution in [2.75, 3.05) is 6.54 Å². The molecular formula is C10H15NO. The first-order chi connectivity index (χ1) is 5.70. The van der Waals surface area contributed by atoms with Crippen LogP contribution in [0.1, 0.15) is 13.8 Å². The van der Waals surface area contributed by atoms with Crippen LogP contribution in [0.5, 0.6) is 0 Å². The molecule has 0 spiro atoms. The third-order valence-electron chi connectivity index (χ3n) is 1.24. The number of carbonyl (C=O) groups is 1. The van der Waals surface area contributed by atoms with E-state index in [1.54, 1.807) is 12.3 Å². The molecule has 0 aliphatic heterocycles. The SMILES string of the molecule is C=CN(/C=C\C)C/C=C/C(C)=O. The molecule has 0 amide bonds. The van der Waals surface area contributed by atoms with Gasteiger partial charge in [0.05, 0.1) is 0 Å². The molecular weight excluding hydrogens is 150 g/mol. The fourth-order valence-corrected chi connectivity index (χ4v) is 0.728. The monoisotopic (exact) mass is 165 g/mol. The zero-order valence-corrected chi connectivity index (χ0v) is 7.66. The number of allylic oxidation sites excluding steroid dienone is 2. The van der Waals surface area contributed by atoms with Crippen LogP contribution in [0, 0.1) is 0 Å². The Morgan fingerprint density at radius 3 is 2.67 bits per heavy atom. The summed E-state index contributed by atoms with van der Waals surface area (Å²) < 4.78 is 0. The van der Waals surface area contributed by atoms with E-state index in [9.17, 15) is 4.79 Å². The van der Waals surface area contributed by atoms with Crippen LogP contribution in [0.4, 0.5) is 0 Å². The molecule has 0 aromatic carbocycles. The minimum Gasteiger partial charge on any atom is -0.351 e. The molecule has 0 aromatic rings. The van der Waals surface area contributed by atoms with Crippen LogP contribution in [0.2, 0.25) is 0 Å². The number of nitrogens with zero attached hydrogens (tertiary/aromatic N) is 1. The average molecular weight is 165 g/mol. The summed E-state index contributed by atoms with van der Waals surface area (Å²) in [5, 5.41) is 0. The second-order valence-corrected chi connectivity index (χ2v) is 2.37. The van der Waals surface area contributed by atoms with E-state index >= 15 is 0 Å². The minimum absolute atomic E-state index is 0.0690. The fourth-order valence-electron chi connectivity index (χ4n) is 0.728. The Labute approximate surface area is 73.9 Å². The van der Waals surface area contributed by atoms with Crippen LogP contribution in [0.15, 0.2) is 37.2 Å². The fraction of sp³-hybridized carbons (Fsp3) is 0.300. The smallest absolute Gasteiger partial charge is 0.152 e. The summed E-state index contributed by atoms with van der Waals surface area (Å²) in [6.45, 7) is 7.79. The highest BCUT2D eigenvalue weighted by Crippen LogP contribution is 1.90. The molecule has 2 nitrogen and oxygen atoms in total. The Bertz CT molecular complexity index is 204. The van der Waals surface area contributed by atoms with Gasteiger partial charge >= 0.3 is 0 Å². The van der Waals surface area contributed by atoms with E-state index in [4.69, 9.17) is 0 Å². The van der Waals surface area contributed by atoms with Gasteiger partial charge in [0, 0.05) is 6.54 Å². The summed E-state index contributed by atoms with van der Waals surface area (Å²) in [5.41, 5.74) is 0. The molecule has 0 N–H and O–H groups in total. The lowest BCUT2D eigenvalue weighted by Gasteiger charge is -2.10. The predicted molar refractivity (Wildman–Crippen MR) is 51.5 cm³/mol. The summed E-state index contributed by atoms with van der Waals surface area (Å²) in [6, 6.07) is 0. The average Bonchev–Trinajstić information content (AvgIpc) is 2.02. The van der Waals surface area contributed by atoms with Gasteiger partial charge < -0.3 is 4.90 Å². The van der Waals surface area contributed by atoms with Gasteiger partial charge in [-0.2, -0.15) is 0 Å². The van der Waals surface area contributed by atoms with Gasteiger partial charge in [-0.1, -0.05) is 18.7 Å². The van der Waals surface area contributed by atoms with Crippen molar-refractivity contribution < 1.29 is 4.79 Å². The Morgan fingerprint density at radius 2 is 2.25 bits per heavy atom. The molecule has 0 radical (unpaired) electrons. The Balaban J connectivity index is 3.87. The first kappa shape index (κ1) is 10.7. The molecule has 2 heteroatoms. The van der Waals surface area contributed by atoms with Crippen LogP contribution in [0.3, 0.4) is 0 Å². The molecule has 0 saturated carbocycles. The Hall–Kier alpha value is -1.31. The third kappa shape index (κ3) is 5.47. The molecule has 0 unspecified atom stereocenters. The van der Waals surface area contributed by atoms with Gasteiger partial charge in [-0.25, -0.2) is 0 Å². The van der Waals surface area contributed by atoms with Crippen molar-refractivity contribution in [3.05, 3.63) is 37.2 Å². The molecule has 66 valence electrons. The van der Waals surface area contributed by atoms with Gasteiger partial charge in [-0.3, -0.25) is 4.79 Å². The van der Waals surface area contributed by atoms with E-state index in [0.29, 0.717) is 6.54 Å². The Kier molecular flexibility index (Phi) is 5.70. The number of rotatable bonds is 5. The lowest BCUT2D eigenvalue weighted by molar-refractivity contribution is -0.112. The third-order valence-corrected chi connectivity index (χ3v) is 1.24. The maximum Gasteiger partial charge on any atom is 0.152 e. The Morgan fingerprint density at radius 1 is 1.58 bits per heavy atom. The molecule has 0 bridgehead atoms. The molecule has 0 heterocycles. The van der Waals surface area contributed by atoms with E-state index in [0.717, 1.165) is 0 Å². The van der Waals surface area contributed by atoms with Gasteiger partial charge in [-0.05, 0) is 32.3 Å². The zero-order valence-electron chi connectivity index (χ0n) is 7.66. The van der Waals surface area contributed by atoms with Gasteiger partial charge in [0.25, 0.3) is 0 Å². The van der Waals surface area contributed by atoms with Crippen molar-refractivity contribution in [2.24, 2.45) is 0 Å². The van der Waals surface area contributed by atoms with E-state index in [2.05, 4.69) is 6.58 Å². The topological polar surface area (TPSA) is 20.3 Å². The van der Waals surface area contributed by atoms with Crippen molar-refractivity contribution >= 4 is 5.78 Å². The first-order valence-electron chi connectivity index (χ1n) is 3.89. The maximum absolute atomic E-state index is 10.5. The summed E-state index contributed by atoms with van der Waals surface area (Å²) in [6.07, 6.45) is 8.90. The lowest BCUT2D eigenvalue weighted by Crippen LogP contribution is -2.08. The van der Waals surface area contributed by atoms with Crippen molar-refractivity contribution in [1.82, 2.24) is 4.90 Å². The highest BCUT2D eigenvalue weighted by atomic mass is 16.1. The molecule has 0 atom stereocenters. The van der Waals surface area contributed by atoms with Crippen molar-refractivity contribution in [3.8, 4) is 0 Å². The predicted octanol–water partition coefficient (Wildman–Crippen LogP) is 2.11. The van der Waals surface area contributed by atoms with Crippen LogP contribution >= 0.6 is 0 Å². The van der Waals surface area contributed by atoms with Gasteiger partial charge in [-0.15, -0.1) is 0 Å². The summed E-state index contributed by atoms with van der Waals surface area (Å²) >= 11 is 0. The number of hydrogen-bond donors (Lipinski definition) is 0. The molecule has 0 aliphatic carbocycles. The van der Waals surface area contributed by atoms with Crippen molar-refractivity contribution in [2.45, 2.75) is 13.8 Å². The highest BCUT2D eigenvalue weighted by Gasteiger charge is 1.87. The van der Waals surface area contributed by atoms with Crippen LogP contribution < -0.4 is 0 Å². The lowest BCUT2D eigenvalue weighted by atomic mass is 10.4. The van der Waals surface area contributed by atoms with E-state index < -0.39 is 0 Å².